The fraction of sp³-hybridized carbons (Fsp3) is 0.0667. The molecule has 0 radical (unpaired) electrons. The average molecular weight is 399 g/mol. The van der Waals surface area contributed by atoms with E-state index in [1.54, 1.807) is 0 Å². The van der Waals surface area contributed by atoms with Crippen LogP contribution in [0.1, 0.15) is 39.8 Å². The summed E-state index contributed by atoms with van der Waals surface area (Å²) >= 11 is 0. The van der Waals surface area contributed by atoms with Crippen LogP contribution in [0.5, 0.6) is 0 Å². The SMILES string of the molecule is OC(c1ccccc1)c1ccc2ccccc2c1C1c2ccccc2-c2ccccc21. The highest BCUT2D eigenvalue weighted by Gasteiger charge is 2.33. The minimum atomic E-state index is -0.680. The molecule has 1 aliphatic carbocycles. The summed E-state index contributed by atoms with van der Waals surface area (Å²) in [5.74, 6) is 0.0897. The normalized spacial score (nSPS) is 13.7. The summed E-state index contributed by atoms with van der Waals surface area (Å²) in [5, 5.41) is 13.9. The van der Waals surface area contributed by atoms with Gasteiger partial charge in [-0.1, -0.05) is 115 Å². The molecule has 1 nitrogen and oxygen atoms in total. The number of hydrogen-bond donors (Lipinski definition) is 1. The van der Waals surface area contributed by atoms with E-state index in [4.69, 9.17) is 0 Å². The maximum Gasteiger partial charge on any atom is 0.104 e. The Hall–Kier alpha value is -3.68. The third kappa shape index (κ3) is 2.82. The van der Waals surface area contributed by atoms with Crippen molar-refractivity contribution < 1.29 is 5.11 Å². The van der Waals surface area contributed by atoms with Gasteiger partial charge in [-0.3, -0.25) is 0 Å². The van der Waals surface area contributed by atoms with Gasteiger partial charge in [0.1, 0.15) is 6.10 Å². The second-order valence-corrected chi connectivity index (χ2v) is 8.21. The van der Waals surface area contributed by atoms with E-state index in [-0.39, 0.29) is 5.92 Å². The van der Waals surface area contributed by atoms with Gasteiger partial charge in [0.2, 0.25) is 0 Å². The molecular formula is C30H22O. The van der Waals surface area contributed by atoms with Crippen molar-refractivity contribution in [3.8, 4) is 11.1 Å². The Balaban J connectivity index is 1.68. The first-order valence-electron chi connectivity index (χ1n) is 10.8. The van der Waals surface area contributed by atoms with Crippen molar-refractivity contribution in [1.29, 1.82) is 0 Å². The molecule has 1 N–H and O–H groups in total. The molecule has 1 heteroatoms. The van der Waals surface area contributed by atoms with Crippen molar-refractivity contribution in [2.45, 2.75) is 12.0 Å². The van der Waals surface area contributed by atoms with Gasteiger partial charge >= 0.3 is 0 Å². The lowest BCUT2D eigenvalue weighted by Gasteiger charge is -2.24. The Morgan fingerprint density at radius 3 is 1.84 bits per heavy atom. The Kier molecular flexibility index (Phi) is 4.22. The third-order valence-corrected chi connectivity index (χ3v) is 6.54. The second-order valence-electron chi connectivity index (χ2n) is 8.21. The van der Waals surface area contributed by atoms with Gasteiger partial charge < -0.3 is 5.11 Å². The third-order valence-electron chi connectivity index (χ3n) is 6.54. The summed E-state index contributed by atoms with van der Waals surface area (Å²) in [4.78, 5) is 0. The maximum absolute atomic E-state index is 11.5. The van der Waals surface area contributed by atoms with Crippen LogP contribution in [-0.4, -0.2) is 5.11 Å². The van der Waals surface area contributed by atoms with Crippen LogP contribution in [0, 0.1) is 0 Å². The van der Waals surface area contributed by atoms with Crippen LogP contribution < -0.4 is 0 Å². The van der Waals surface area contributed by atoms with E-state index >= 15 is 0 Å². The van der Waals surface area contributed by atoms with Crippen LogP contribution >= 0.6 is 0 Å². The number of rotatable bonds is 3. The second kappa shape index (κ2) is 7.23. The molecule has 1 atom stereocenters. The first kappa shape index (κ1) is 18.1. The van der Waals surface area contributed by atoms with Gasteiger partial charge in [0, 0.05) is 5.92 Å². The lowest BCUT2D eigenvalue weighted by Crippen LogP contribution is -2.09. The smallest absolute Gasteiger partial charge is 0.104 e. The number of aliphatic hydroxyl groups is 1. The van der Waals surface area contributed by atoms with Gasteiger partial charge in [-0.15, -0.1) is 0 Å². The molecule has 5 aromatic carbocycles. The van der Waals surface area contributed by atoms with E-state index in [2.05, 4.69) is 84.9 Å². The van der Waals surface area contributed by atoms with Gasteiger partial charge in [-0.05, 0) is 49.7 Å². The minimum Gasteiger partial charge on any atom is -0.384 e. The molecule has 6 rings (SSSR count). The number of fused-ring (bicyclic) bond motifs is 4. The maximum atomic E-state index is 11.5. The first-order valence-corrected chi connectivity index (χ1v) is 10.8. The van der Waals surface area contributed by atoms with E-state index < -0.39 is 6.10 Å². The van der Waals surface area contributed by atoms with E-state index in [1.165, 1.54) is 38.6 Å². The van der Waals surface area contributed by atoms with Gasteiger partial charge in [-0.2, -0.15) is 0 Å². The van der Waals surface area contributed by atoms with E-state index in [1.807, 2.05) is 30.3 Å². The van der Waals surface area contributed by atoms with Crippen LogP contribution in [0.25, 0.3) is 21.9 Å². The van der Waals surface area contributed by atoms with Gasteiger partial charge in [-0.25, -0.2) is 0 Å². The standard InChI is InChI=1S/C30H22O/c31-30(21-11-2-1-3-12-21)27-19-18-20-10-4-5-13-22(20)28(27)29-25-16-8-6-14-23(25)24-15-7-9-17-26(24)29/h1-19,29-31H. The highest BCUT2D eigenvalue weighted by molar-refractivity contribution is 5.91. The summed E-state index contributed by atoms with van der Waals surface area (Å²) in [6.07, 6.45) is -0.680. The van der Waals surface area contributed by atoms with Crippen molar-refractivity contribution in [3.63, 3.8) is 0 Å². The molecule has 0 aliphatic heterocycles. The number of benzene rings is 5. The lowest BCUT2D eigenvalue weighted by molar-refractivity contribution is 0.219. The predicted molar refractivity (Wildman–Crippen MR) is 127 cm³/mol. The van der Waals surface area contributed by atoms with Crippen molar-refractivity contribution >= 4 is 10.8 Å². The van der Waals surface area contributed by atoms with Crippen LogP contribution in [0.15, 0.2) is 115 Å². The Bertz CT molecular complexity index is 1360. The molecule has 5 aromatic rings. The first-order chi connectivity index (χ1) is 15.3. The number of hydrogen-bond acceptors (Lipinski definition) is 1. The van der Waals surface area contributed by atoms with Gasteiger partial charge in [0.05, 0.1) is 0 Å². The molecular weight excluding hydrogens is 376 g/mol. The van der Waals surface area contributed by atoms with Crippen LogP contribution in [-0.2, 0) is 0 Å². The van der Waals surface area contributed by atoms with E-state index in [0.29, 0.717) is 0 Å². The fourth-order valence-electron chi connectivity index (χ4n) is 5.15. The monoisotopic (exact) mass is 398 g/mol. The highest BCUT2D eigenvalue weighted by atomic mass is 16.3. The predicted octanol–water partition coefficient (Wildman–Crippen LogP) is 7.08. The number of aliphatic hydroxyl groups excluding tert-OH is 1. The molecule has 0 amide bonds. The largest absolute Gasteiger partial charge is 0.384 e. The molecule has 0 fully saturated rings. The summed E-state index contributed by atoms with van der Waals surface area (Å²) in [6, 6.07) is 40.1. The summed E-state index contributed by atoms with van der Waals surface area (Å²) in [7, 11) is 0. The van der Waals surface area contributed by atoms with Crippen molar-refractivity contribution in [2.24, 2.45) is 0 Å². The molecule has 1 unspecified atom stereocenters. The zero-order valence-electron chi connectivity index (χ0n) is 17.1. The summed E-state index contributed by atoms with van der Waals surface area (Å²) < 4.78 is 0. The molecule has 0 aromatic heterocycles. The van der Waals surface area contributed by atoms with E-state index in [0.717, 1.165) is 11.1 Å². The zero-order valence-corrected chi connectivity index (χ0v) is 17.1. The van der Waals surface area contributed by atoms with E-state index in [9.17, 15) is 5.11 Å². The minimum absolute atomic E-state index is 0.0897. The Morgan fingerprint density at radius 2 is 1.13 bits per heavy atom. The molecule has 0 spiro atoms. The zero-order chi connectivity index (χ0) is 20.8. The van der Waals surface area contributed by atoms with Gasteiger partial charge in [0.25, 0.3) is 0 Å². The molecule has 0 saturated heterocycles. The molecule has 0 bridgehead atoms. The molecule has 0 saturated carbocycles. The van der Waals surface area contributed by atoms with Crippen LogP contribution in [0.4, 0.5) is 0 Å². The summed E-state index contributed by atoms with van der Waals surface area (Å²) in [6.45, 7) is 0. The Morgan fingerprint density at radius 1 is 0.548 bits per heavy atom. The lowest BCUT2D eigenvalue weighted by atomic mass is 9.81. The molecule has 0 heterocycles. The fourth-order valence-corrected chi connectivity index (χ4v) is 5.15. The van der Waals surface area contributed by atoms with Crippen molar-refractivity contribution in [1.82, 2.24) is 0 Å². The molecule has 148 valence electrons. The van der Waals surface area contributed by atoms with Crippen molar-refractivity contribution in [3.05, 3.63) is 143 Å². The Labute approximate surface area is 182 Å². The average Bonchev–Trinajstić information content (AvgIpc) is 3.18. The topological polar surface area (TPSA) is 20.2 Å². The van der Waals surface area contributed by atoms with Gasteiger partial charge in [0.15, 0.2) is 0 Å². The molecule has 1 aliphatic rings. The quantitative estimate of drug-likeness (QED) is 0.338. The van der Waals surface area contributed by atoms with Crippen LogP contribution in [0.2, 0.25) is 0 Å². The summed E-state index contributed by atoms with van der Waals surface area (Å²) in [5.41, 5.74) is 8.28. The van der Waals surface area contributed by atoms with Crippen LogP contribution in [0.3, 0.4) is 0 Å². The van der Waals surface area contributed by atoms with Crippen molar-refractivity contribution in [2.75, 3.05) is 0 Å². The highest BCUT2D eigenvalue weighted by Crippen LogP contribution is 2.51. The molecule has 31 heavy (non-hydrogen) atoms.